The van der Waals surface area contributed by atoms with Gasteiger partial charge in [-0.25, -0.2) is 0 Å². The van der Waals surface area contributed by atoms with E-state index in [-0.39, 0.29) is 0 Å². The van der Waals surface area contributed by atoms with Gasteiger partial charge in [-0.3, -0.25) is 0 Å². The minimum absolute atomic E-state index is 1.05. The van der Waals surface area contributed by atoms with E-state index < -0.39 is 0 Å². The second-order valence-corrected chi connectivity index (χ2v) is 4.46. The van der Waals surface area contributed by atoms with Crippen molar-refractivity contribution in [1.82, 2.24) is 0 Å². The molecule has 2 nitrogen and oxygen atoms in total. The first-order valence-electron chi connectivity index (χ1n) is 6.90. The highest BCUT2D eigenvalue weighted by Gasteiger charge is 2.04. The molecule has 0 spiro atoms. The van der Waals surface area contributed by atoms with Crippen molar-refractivity contribution in [2.24, 2.45) is 0 Å². The monoisotopic (exact) mass is 234 g/mol. The molecule has 0 amide bonds. The van der Waals surface area contributed by atoms with E-state index in [0.717, 1.165) is 26.1 Å². The van der Waals surface area contributed by atoms with Gasteiger partial charge in [-0.15, -0.1) is 0 Å². The highest BCUT2D eigenvalue weighted by atomic mass is 15.1. The van der Waals surface area contributed by atoms with Crippen molar-refractivity contribution in [3.63, 3.8) is 0 Å². The van der Waals surface area contributed by atoms with Gasteiger partial charge in [-0.2, -0.15) is 0 Å². The Bertz CT molecular complexity index is 304. The maximum atomic E-state index is 3.45. The fourth-order valence-corrected chi connectivity index (χ4v) is 1.99. The molecule has 0 radical (unpaired) electrons. The van der Waals surface area contributed by atoms with Gasteiger partial charge in [-0.05, 0) is 37.5 Å². The fraction of sp³-hybridized carbons (Fsp3) is 0.600. The maximum absolute atomic E-state index is 3.45. The molecule has 0 saturated carbocycles. The lowest BCUT2D eigenvalue weighted by Gasteiger charge is -2.24. The van der Waals surface area contributed by atoms with Crippen molar-refractivity contribution < 1.29 is 0 Å². The SMILES string of the molecule is CCCNc1cccc(N(CCC)CCC)c1. The molecular formula is C15H26N2. The molecule has 0 aliphatic carbocycles. The second kappa shape index (κ2) is 7.99. The van der Waals surface area contributed by atoms with Crippen LogP contribution in [-0.2, 0) is 0 Å². The number of rotatable bonds is 8. The molecule has 0 fully saturated rings. The molecule has 0 aliphatic rings. The number of anilines is 2. The van der Waals surface area contributed by atoms with Crippen LogP contribution in [0.4, 0.5) is 11.4 Å². The standard InChI is InChI=1S/C15H26N2/c1-4-10-16-14-8-7-9-15(13-14)17(11-5-2)12-6-3/h7-9,13,16H,4-6,10-12H2,1-3H3. The lowest BCUT2D eigenvalue weighted by molar-refractivity contribution is 0.745. The van der Waals surface area contributed by atoms with Gasteiger partial charge < -0.3 is 10.2 Å². The zero-order valence-corrected chi connectivity index (χ0v) is 11.5. The number of hydrogen-bond acceptors (Lipinski definition) is 2. The van der Waals surface area contributed by atoms with Crippen molar-refractivity contribution in [1.29, 1.82) is 0 Å². The molecule has 17 heavy (non-hydrogen) atoms. The van der Waals surface area contributed by atoms with Crippen LogP contribution in [0.5, 0.6) is 0 Å². The Morgan fingerprint density at radius 1 is 1.00 bits per heavy atom. The summed E-state index contributed by atoms with van der Waals surface area (Å²) in [6.07, 6.45) is 3.57. The van der Waals surface area contributed by atoms with E-state index in [1.807, 2.05) is 0 Å². The van der Waals surface area contributed by atoms with Gasteiger partial charge in [0.25, 0.3) is 0 Å². The molecule has 0 aliphatic heterocycles. The number of benzene rings is 1. The average Bonchev–Trinajstić information content (AvgIpc) is 2.36. The van der Waals surface area contributed by atoms with Gasteiger partial charge in [0.05, 0.1) is 0 Å². The fourth-order valence-electron chi connectivity index (χ4n) is 1.99. The minimum atomic E-state index is 1.05. The molecule has 96 valence electrons. The molecule has 2 heteroatoms. The van der Waals surface area contributed by atoms with Gasteiger partial charge >= 0.3 is 0 Å². The maximum Gasteiger partial charge on any atom is 0.0386 e. The van der Waals surface area contributed by atoms with Crippen LogP contribution in [0.3, 0.4) is 0 Å². The van der Waals surface area contributed by atoms with Crippen LogP contribution in [0.1, 0.15) is 40.0 Å². The van der Waals surface area contributed by atoms with E-state index in [1.165, 1.54) is 24.2 Å². The van der Waals surface area contributed by atoms with Gasteiger partial charge in [0.2, 0.25) is 0 Å². The summed E-state index contributed by atoms with van der Waals surface area (Å²) in [5, 5.41) is 3.45. The Hall–Kier alpha value is -1.18. The van der Waals surface area contributed by atoms with Crippen LogP contribution in [0.15, 0.2) is 24.3 Å². The lowest BCUT2D eigenvalue weighted by Crippen LogP contribution is -2.24. The van der Waals surface area contributed by atoms with Crippen LogP contribution in [0.25, 0.3) is 0 Å². The average molecular weight is 234 g/mol. The van der Waals surface area contributed by atoms with Crippen molar-refractivity contribution in [3.8, 4) is 0 Å². The van der Waals surface area contributed by atoms with E-state index in [1.54, 1.807) is 0 Å². The summed E-state index contributed by atoms with van der Waals surface area (Å²) in [6, 6.07) is 8.77. The van der Waals surface area contributed by atoms with E-state index >= 15 is 0 Å². The first-order chi connectivity index (χ1) is 8.31. The van der Waals surface area contributed by atoms with Gasteiger partial charge in [0.15, 0.2) is 0 Å². The van der Waals surface area contributed by atoms with Crippen molar-refractivity contribution in [3.05, 3.63) is 24.3 Å². The van der Waals surface area contributed by atoms with Gasteiger partial charge in [0.1, 0.15) is 0 Å². The van der Waals surface area contributed by atoms with Crippen molar-refractivity contribution in [2.75, 3.05) is 29.9 Å². The largest absolute Gasteiger partial charge is 0.385 e. The molecule has 0 saturated heterocycles. The Balaban J connectivity index is 2.72. The predicted molar refractivity (Wildman–Crippen MR) is 78.0 cm³/mol. The lowest BCUT2D eigenvalue weighted by atomic mass is 10.2. The van der Waals surface area contributed by atoms with Crippen molar-refractivity contribution in [2.45, 2.75) is 40.0 Å². The molecule has 1 N–H and O–H groups in total. The second-order valence-electron chi connectivity index (χ2n) is 4.46. The predicted octanol–water partition coefficient (Wildman–Crippen LogP) is 4.13. The van der Waals surface area contributed by atoms with Crippen molar-refractivity contribution >= 4 is 11.4 Å². The molecule has 0 unspecified atom stereocenters. The zero-order chi connectivity index (χ0) is 12.5. The summed E-state index contributed by atoms with van der Waals surface area (Å²) in [7, 11) is 0. The first-order valence-corrected chi connectivity index (χ1v) is 6.90. The summed E-state index contributed by atoms with van der Waals surface area (Å²) in [5.41, 5.74) is 2.58. The Morgan fingerprint density at radius 3 is 2.29 bits per heavy atom. The smallest absolute Gasteiger partial charge is 0.0386 e. The van der Waals surface area contributed by atoms with Crippen LogP contribution in [-0.4, -0.2) is 19.6 Å². The van der Waals surface area contributed by atoms with Gasteiger partial charge in [-0.1, -0.05) is 26.8 Å². The minimum Gasteiger partial charge on any atom is -0.385 e. The number of nitrogens with one attached hydrogen (secondary N) is 1. The molecule has 0 heterocycles. The Morgan fingerprint density at radius 2 is 1.71 bits per heavy atom. The van der Waals surface area contributed by atoms with E-state index in [9.17, 15) is 0 Å². The van der Waals surface area contributed by atoms with E-state index in [0.29, 0.717) is 0 Å². The summed E-state index contributed by atoms with van der Waals surface area (Å²) in [6.45, 7) is 10.0. The highest BCUT2D eigenvalue weighted by Crippen LogP contribution is 2.20. The summed E-state index contributed by atoms with van der Waals surface area (Å²) in [5.74, 6) is 0. The van der Waals surface area contributed by atoms with E-state index in [2.05, 4.69) is 55.3 Å². The molecule has 1 aromatic rings. The summed E-state index contributed by atoms with van der Waals surface area (Å²) < 4.78 is 0. The van der Waals surface area contributed by atoms with Gasteiger partial charge in [0, 0.05) is 31.0 Å². The first kappa shape index (κ1) is 13.9. The topological polar surface area (TPSA) is 15.3 Å². The zero-order valence-electron chi connectivity index (χ0n) is 11.5. The number of nitrogens with zero attached hydrogens (tertiary/aromatic N) is 1. The van der Waals surface area contributed by atoms with Crippen LogP contribution in [0, 0.1) is 0 Å². The quantitative estimate of drug-likeness (QED) is 0.727. The summed E-state index contributed by atoms with van der Waals surface area (Å²) in [4.78, 5) is 2.47. The third kappa shape index (κ3) is 4.68. The molecule has 0 atom stereocenters. The molecule has 1 aromatic carbocycles. The molecule has 1 rings (SSSR count). The Labute approximate surface area is 106 Å². The molecule has 0 aromatic heterocycles. The third-order valence-electron chi connectivity index (χ3n) is 2.78. The molecule has 0 bridgehead atoms. The summed E-state index contributed by atoms with van der Waals surface area (Å²) >= 11 is 0. The van der Waals surface area contributed by atoms with Crippen LogP contribution in [0.2, 0.25) is 0 Å². The normalized spacial score (nSPS) is 10.3. The number of hydrogen-bond donors (Lipinski definition) is 1. The van der Waals surface area contributed by atoms with Crippen LogP contribution < -0.4 is 10.2 Å². The van der Waals surface area contributed by atoms with E-state index in [4.69, 9.17) is 0 Å². The third-order valence-corrected chi connectivity index (χ3v) is 2.78. The molecular weight excluding hydrogens is 208 g/mol. The highest BCUT2D eigenvalue weighted by molar-refractivity contribution is 5.58. The van der Waals surface area contributed by atoms with Crippen LogP contribution >= 0.6 is 0 Å². The Kier molecular flexibility index (Phi) is 6.53.